The molecule has 0 aliphatic carbocycles. The zero-order valence-corrected chi connectivity index (χ0v) is 5.02. The van der Waals surface area contributed by atoms with Gasteiger partial charge in [-0.05, 0) is 6.54 Å². The highest BCUT2D eigenvalue weighted by Gasteiger charge is 1.87. The zero-order valence-electron chi connectivity index (χ0n) is 5.02. The lowest BCUT2D eigenvalue weighted by Gasteiger charge is -1.99. The number of aliphatic hydroxyl groups is 1. The second-order valence-electron chi connectivity index (χ2n) is 1.44. The molecule has 0 aromatic rings. The first-order valence-electron chi connectivity index (χ1n) is 2.56. The van der Waals surface area contributed by atoms with Crippen LogP contribution < -0.4 is 11.1 Å². The van der Waals surface area contributed by atoms with E-state index in [1.54, 1.807) is 7.05 Å². The molecule has 0 saturated heterocycles. The van der Waals surface area contributed by atoms with E-state index in [9.17, 15) is 0 Å². The van der Waals surface area contributed by atoms with Crippen molar-refractivity contribution in [2.45, 2.75) is 6.42 Å². The fraction of sp³-hybridized carbons (Fsp3) is 0.600. The van der Waals surface area contributed by atoms with Gasteiger partial charge in [-0.2, -0.15) is 0 Å². The first kappa shape index (κ1) is 7.30. The molecule has 0 aromatic heterocycles. The highest BCUT2D eigenvalue weighted by atomic mass is 16.2. The lowest BCUT2D eigenvalue weighted by atomic mass is 10.3. The van der Waals surface area contributed by atoms with Crippen molar-refractivity contribution in [1.29, 1.82) is 0 Å². The van der Waals surface area contributed by atoms with E-state index >= 15 is 0 Å². The number of hydrogen-bond donors (Lipinski definition) is 3. The van der Waals surface area contributed by atoms with Crippen LogP contribution in [0.15, 0.2) is 12.0 Å². The molecule has 0 atom stereocenters. The molecule has 0 aromatic carbocycles. The summed E-state index contributed by atoms with van der Waals surface area (Å²) in [6, 6.07) is 0. The summed E-state index contributed by atoms with van der Waals surface area (Å²) in [7, 11) is 1.75. The minimum absolute atomic E-state index is 0.563. The van der Waals surface area contributed by atoms with Gasteiger partial charge < -0.3 is 16.2 Å². The molecule has 8 heavy (non-hydrogen) atoms. The number of rotatable bonds is 3. The Hall–Kier alpha value is -0.700. The first-order chi connectivity index (χ1) is 3.85. The summed E-state index contributed by atoms with van der Waals surface area (Å²) in [6.45, 7) is 0.563. The minimum atomic E-state index is 0.563. The maximum Gasteiger partial charge on any atom is 0.0981 e. The van der Waals surface area contributed by atoms with Gasteiger partial charge in [-0.1, -0.05) is 0 Å². The lowest BCUT2D eigenvalue weighted by molar-refractivity contribution is 0.459. The molecule has 0 unspecified atom stereocenters. The summed E-state index contributed by atoms with van der Waals surface area (Å²) < 4.78 is 0. The standard InChI is InChI=1S/C5H12N2O/c1-7-5(4-8)2-3-6/h4,7-8H,2-3,6H2,1H3/b5-4-. The SMILES string of the molecule is CN/C(=C\O)CCN. The van der Waals surface area contributed by atoms with Crippen LogP contribution in [0.3, 0.4) is 0 Å². The van der Waals surface area contributed by atoms with Gasteiger partial charge in [0.15, 0.2) is 0 Å². The van der Waals surface area contributed by atoms with E-state index in [2.05, 4.69) is 5.32 Å². The minimum Gasteiger partial charge on any atom is -0.514 e. The Bertz CT molecular complexity index is 80.5. The Morgan fingerprint density at radius 1 is 1.88 bits per heavy atom. The highest BCUT2D eigenvalue weighted by molar-refractivity contribution is 4.92. The first-order valence-corrected chi connectivity index (χ1v) is 2.56. The molecule has 0 radical (unpaired) electrons. The monoisotopic (exact) mass is 116 g/mol. The van der Waals surface area contributed by atoms with Crippen LogP contribution >= 0.6 is 0 Å². The Morgan fingerprint density at radius 2 is 2.50 bits per heavy atom. The van der Waals surface area contributed by atoms with Crippen LogP contribution in [0, 0.1) is 0 Å². The van der Waals surface area contributed by atoms with Crippen LogP contribution in [-0.2, 0) is 0 Å². The fourth-order valence-corrected chi connectivity index (χ4v) is 0.410. The molecule has 3 heteroatoms. The Labute approximate surface area is 49.2 Å². The van der Waals surface area contributed by atoms with Gasteiger partial charge in [0, 0.05) is 19.2 Å². The predicted molar refractivity (Wildman–Crippen MR) is 33.4 cm³/mol. The van der Waals surface area contributed by atoms with Crippen LogP contribution in [0.25, 0.3) is 0 Å². The molecule has 4 N–H and O–H groups in total. The van der Waals surface area contributed by atoms with Crippen molar-refractivity contribution in [3.8, 4) is 0 Å². The van der Waals surface area contributed by atoms with Gasteiger partial charge in [0.25, 0.3) is 0 Å². The molecule has 0 amide bonds. The molecule has 0 saturated carbocycles. The average molecular weight is 116 g/mol. The topological polar surface area (TPSA) is 58.3 Å². The smallest absolute Gasteiger partial charge is 0.0981 e. The van der Waals surface area contributed by atoms with Crippen molar-refractivity contribution >= 4 is 0 Å². The van der Waals surface area contributed by atoms with Gasteiger partial charge in [-0.25, -0.2) is 0 Å². The molecule has 0 rings (SSSR count). The van der Waals surface area contributed by atoms with E-state index in [-0.39, 0.29) is 0 Å². The Morgan fingerprint density at radius 3 is 2.62 bits per heavy atom. The van der Waals surface area contributed by atoms with Crippen molar-refractivity contribution in [2.75, 3.05) is 13.6 Å². The lowest BCUT2D eigenvalue weighted by Crippen LogP contribution is -2.10. The maximum absolute atomic E-state index is 8.38. The van der Waals surface area contributed by atoms with Crippen molar-refractivity contribution in [2.24, 2.45) is 5.73 Å². The van der Waals surface area contributed by atoms with Crippen molar-refractivity contribution < 1.29 is 5.11 Å². The van der Waals surface area contributed by atoms with Gasteiger partial charge >= 0.3 is 0 Å². The number of hydrogen-bond acceptors (Lipinski definition) is 3. The van der Waals surface area contributed by atoms with Crippen LogP contribution in [0.5, 0.6) is 0 Å². The van der Waals surface area contributed by atoms with E-state index in [0.29, 0.717) is 13.0 Å². The Kier molecular flexibility index (Phi) is 4.07. The largest absolute Gasteiger partial charge is 0.514 e. The van der Waals surface area contributed by atoms with Gasteiger partial charge in [0.1, 0.15) is 0 Å². The van der Waals surface area contributed by atoms with Crippen molar-refractivity contribution in [3.63, 3.8) is 0 Å². The second-order valence-corrected chi connectivity index (χ2v) is 1.44. The summed E-state index contributed by atoms with van der Waals surface area (Å²) in [5.74, 6) is 0. The molecule has 0 bridgehead atoms. The number of aliphatic hydroxyl groups excluding tert-OH is 1. The van der Waals surface area contributed by atoms with E-state index in [0.717, 1.165) is 12.0 Å². The summed E-state index contributed by atoms with van der Waals surface area (Å²) in [5, 5.41) is 11.2. The number of nitrogens with two attached hydrogens (primary N) is 1. The second kappa shape index (κ2) is 4.46. The van der Waals surface area contributed by atoms with E-state index < -0.39 is 0 Å². The van der Waals surface area contributed by atoms with E-state index in [4.69, 9.17) is 10.8 Å². The van der Waals surface area contributed by atoms with Gasteiger partial charge in [0.05, 0.1) is 6.26 Å². The highest BCUT2D eigenvalue weighted by Crippen LogP contribution is 1.89. The third kappa shape index (κ3) is 2.47. The van der Waals surface area contributed by atoms with Crippen molar-refractivity contribution in [3.05, 3.63) is 12.0 Å². The fourth-order valence-electron chi connectivity index (χ4n) is 0.410. The average Bonchev–Trinajstić information content (AvgIpc) is 1.83. The third-order valence-corrected chi connectivity index (χ3v) is 0.891. The zero-order chi connectivity index (χ0) is 6.41. The van der Waals surface area contributed by atoms with Gasteiger partial charge in [0.2, 0.25) is 0 Å². The summed E-state index contributed by atoms with van der Waals surface area (Å²) >= 11 is 0. The van der Waals surface area contributed by atoms with Gasteiger partial charge in [-0.3, -0.25) is 0 Å². The van der Waals surface area contributed by atoms with Crippen molar-refractivity contribution in [1.82, 2.24) is 5.32 Å². The molecule has 0 spiro atoms. The molecule has 0 heterocycles. The molecule has 0 aliphatic heterocycles. The number of nitrogens with one attached hydrogen (secondary N) is 1. The van der Waals surface area contributed by atoms with Crippen LogP contribution in [0.4, 0.5) is 0 Å². The molecule has 48 valence electrons. The van der Waals surface area contributed by atoms with Crippen LogP contribution in [0.2, 0.25) is 0 Å². The molecule has 0 fully saturated rings. The van der Waals surface area contributed by atoms with Crippen LogP contribution in [-0.4, -0.2) is 18.7 Å². The van der Waals surface area contributed by atoms with Crippen LogP contribution in [0.1, 0.15) is 6.42 Å². The predicted octanol–water partition coefficient (Wildman–Crippen LogP) is -0.0460. The summed E-state index contributed by atoms with van der Waals surface area (Å²) in [4.78, 5) is 0. The summed E-state index contributed by atoms with van der Waals surface area (Å²) in [5.41, 5.74) is 5.96. The molecule has 0 aliphatic rings. The normalized spacial score (nSPS) is 11.5. The Balaban J connectivity index is 3.38. The van der Waals surface area contributed by atoms with E-state index in [1.165, 1.54) is 0 Å². The maximum atomic E-state index is 8.38. The quantitative estimate of drug-likeness (QED) is 0.453. The van der Waals surface area contributed by atoms with Gasteiger partial charge in [-0.15, -0.1) is 0 Å². The molecular formula is C5H12N2O. The summed E-state index contributed by atoms with van der Waals surface area (Å²) in [6.07, 6.45) is 1.74. The third-order valence-electron chi connectivity index (χ3n) is 0.891. The molecular weight excluding hydrogens is 104 g/mol. The molecule has 3 nitrogen and oxygen atoms in total. The van der Waals surface area contributed by atoms with E-state index in [1.807, 2.05) is 0 Å².